The molecule has 2 amide bonds. The molecule has 9 heteroatoms. The second-order valence-electron chi connectivity index (χ2n) is 6.29. The maximum atomic E-state index is 12.4. The number of esters is 1. The van der Waals surface area contributed by atoms with Gasteiger partial charge in [0.2, 0.25) is 0 Å². The molecular weight excluding hydrogens is 434 g/mol. The molecule has 32 heavy (non-hydrogen) atoms. The normalized spacial score (nSPS) is 10.4. The van der Waals surface area contributed by atoms with Gasteiger partial charge in [0.25, 0.3) is 0 Å². The number of carbonyl (C=O) groups excluding carboxylic acids is 3. The molecule has 0 aliphatic carbocycles. The van der Waals surface area contributed by atoms with Gasteiger partial charge in [0.05, 0.1) is 24.6 Å². The summed E-state index contributed by atoms with van der Waals surface area (Å²) in [5.74, 6) is -1.89. The minimum atomic E-state index is -0.986. The first-order valence-corrected chi connectivity index (χ1v) is 9.70. The summed E-state index contributed by atoms with van der Waals surface area (Å²) >= 11 is 5.91. The van der Waals surface area contributed by atoms with Crippen LogP contribution in [0.15, 0.2) is 77.9 Å². The van der Waals surface area contributed by atoms with Crippen LogP contribution in [0.2, 0.25) is 5.02 Å². The van der Waals surface area contributed by atoms with Crippen molar-refractivity contribution in [2.24, 2.45) is 5.10 Å². The predicted molar refractivity (Wildman–Crippen MR) is 120 cm³/mol. The average molecular weight is 452 g/mol. The van der Waals surface area contributed by atoms with Crippen molar-refractivity contribution in [3.63, 3.8) is 0 Å². The number of hydrazone groups is 1. The number of benzene rings is 3. The van der Waals surface area contributed by atoms with Crippen molar-refractivity contribution in [3.05, 3.63) is 88.9 Å². The number of amides is 2. The Morgan fingerprint density at radius 1 is 0.906 bits per heavy atom. The second kappa shape index (κ2) is 10.7. The van der Waals surface area contributed by atoms with Crippen molar-refractivity contribution >= 4 is 41.3 Å². The van der Waals surface area contributed by atoms with E-state index in [-0.39, 0.29) is 11.3 Å². The Morgan fingerprint density at radius 2 is 1.62 bits per heavy atom. The largest absolute Gasteiger partial charge is 0.495 e. The summed E-state index contributed by atoms with van der Waals surface area (Å²) in [5, 5.41) is 6.62. The minimum Gasteiger partial charge on any atom is -0.495 e. The number of hydrogen-bond acceptors (Lipinski definition) is 6. The first-order valence-electron chi connectivity index (χ1n) is 9.32. The Morgan fingerprint density at radius 3 is 2.38 bits per heavy atom. The van der Waals surface area contributed by atoms with Crippen LogP contribution in [-0.2, 0) is 9.59 Å². The van der Waals surface area contributed by atoms with Crippen molar-refractivity contribution in [1.29, 1.82) is 0 Å². The highest BCUT2D eigenvalue weighted by Crippen LogP contribution is 2.23. The molecule has 0 heterocycles. The van der Waals surface area contributed by atoms with Gasteiger partial charge >= 0.3 is 17.8 Å². The second-order valence-corrected chi connectivity index (χ2v) is 6.73. The zero-order valence-corrected chi connectivity index (χ0v) is 17.6. The highest BCUT2D eigenvalue weighted by molar-refractivity contribution is 6.39. The third-order valence-electron chi connectivity index (χ3n) is 4.11. The van der Waals surface area contributed by atoms with E-state index >= 15 is 0 Å². The number of ether oxygens (including phenoxy) is 2. The van der Waals surface area contributed by atoms with Crippen LogP contribution in [0, 0.1) is 0 Å². The SMILES string of the molecule is COc1ccccc1NC(=O)C(=O)NN=Cc1ccccc1OC(=O)c1cccc(Cl)c1. The van der Waals surface area contributed by atoms with Crippen molar-refractivity contribution in [1.82, 2.24) is 5.43 Å². The molecule has 0 radical (unpaired) electrons. The third-order valence-corrected chi connectivity index (χ3v) is 4.35. The van der Waals surface area contributed by atoms with E-state index in [1.807, 2.05) is 0 Å². The molecule has 0 saturated heterocycles. The van der Waals surface area contributed by atoms with Gasteiger partial charge in [-0.3, -0.25) is 9.59 Å². The molecule has 162 valence electrons. The zero-order valence-electron chi connectivity index (χ0n) is 16.9. The fourth-order valence-electron chi connectivity index (χ4n) is 2.59. The number of nitrogens with one attached hydrogen (secondary N) is 2. The lowest BCUT2D eigenvalue weighted by atomic mass is 10.2. The van der Waals surface area contributed by atoms with Gasteiger partial charge in [-0.05, 0) is 42.5 Å². The van der Waals surface area contributed by atoms with E-state index < -0.39 is 17.8 Å². The molecule has 0 aliphatic rings. The van der Waals surface area contributed by atoms with Crippen molar-refractivity contribution in [2.75, 3.05) is 12.4 Å². The summed E-state index contributed by atoms with van der Waals surface area (Å²) in [4.78, 5) is 36.5. The van der Waals surface area contributed by atoms with E-state index in [0.717, 1.165) is 0 Å². The molecule has 0 unspecified atom stereocenters. The fraction of sp³-hybridized carbons (Fsp3) is 0.0435. The third kappa shape index (κ3) is 5.93. The van der Waals surface area contributed by atoms with Crippen LogP contribution in [-0.4, -0.2) is 31.1 Å². The molecule has 3 aromatic rings. The van der Waals surface area contributed by atoms with Gasteiger partial charge < -0.3 is 14.8 Å². The molecule has 0 bridgehead atoms. The number of rotatable bonds is 6. The fourth-order valence-corrected chi connectivity index (χ4v) is 2.78. The van der Waals surface area contributed by atoms with Crippen LogP contribution in [0.3, 0.4) is 0 Å². The smallest absolute Gasteiger partial charge is 0.343 e. The molecule has 0 saturated carbocycles. The predicted octanol–water partition coefficient (Wildman–Crippen LogP) is 3.66. The van der Waals surface area contributed by atoms with E-state index in [0.29, 0.717) is 22.0 Å². The van der Waals surface area contributed by atoms with Gasteiger partial charge in [-0.2, -0.15) is 5.10 Å². The van der Waals surface area contributed by atoms with Crippen LogP contribution >= 0.6 is 11.6 Å². The molecule has 3 aromatic carbocycles. The Labute approximate surface area is 188 Å². The van der Waals surface area contributed by atoms with Crippen molar-refractivity contribution in [2.45, 2.75) is 0 Å². The first kappa shape index (κ1) is 22.5. The van der Waals surface area contributed by atoms with E-state index in [2.05, 4.69) is 15.8 Å². The van der Waals surface area contributed by atoms with E-state index in [1.165, 1.54) is 19.4 Å². The number of nitrogens with zero attached hydrogens (tertiary/aromatic N) is 1. The number of methoxy groups -OCH3 is 1. The van der Waals surface area contributed by atoms with E-state index in [9.17, 15) is 14.4 Å². The molecule has 8 nitrogen and oxygen atoms in total. The lowest BCUT2D eigenvalue weighted by molar-refractivity contribution is -0.136. The molecule has 3 rings (SSSR count). The van der Waals surface area contributed by atoms with Gasteiger partial charge in [0, 0.05) is 10.6 Å². The summed E-state index contributed by atoms with van der Waals surface area (Å²) in [6, 6.07) is 19.6. The maximum absolute atomic E-state index is 12.4. The molecule has 0 atom stereocenters. The topological polar surface area (TPSA) is 106 Å². The summed E-state index contributed by atoms with van der Waals surface area (Å²) in [6.07, 6.45) is 1.26. The Balaban J connectivity index is 1.63. The van der Waals surface area contributed by atoms with E-state index in [4.69, 9.17) is 21.1 Å². The molecule has 0 fully saturated rings. The Hall–Kier alpha value is -4.17. The number of halogens is 1. The van der Waals surface area contributed by atoms with E-state index in [1.54, 1.807) is 66.7 Å². The van der Waals surface area contributed by atoms with Crippen molar-refractivity contribution < 1.29 is 23.9 Å². The standard InChI is InChI=1S/C23H18ClN3O5/c1-31-20-12-5-3-10-18(20)26-21(28)22(29)27-25-14-16-7-2-4-11-19(16)32-23(30)15-8-6-9-17(24)13-15/h2-14H,1H3,(H,26,28)(H,27,29). The molecular formula is C23H18ClN3O5. The van der Waals surface area contributed by atoms with Gasteiger partial charge in [0.15, 0.2) is 0 Å². The number of hydrogen-bond donors (Lipinski definition) is 2. The van der Waals surface area contributed by atoms with Gasteiger partial charge in [-0.25, -0.2) is 10.2 Å². The Kier molecular flexibility index (Phi) is 7.55. The summed E-state index contributed by atoms with van der Waals surface area (Å²) < 4.78 is 10.5. The zero-order chi connectivity index (χ0) is 22.9. The number of carbonyl (C=O) groups is 3. The quantitative estimate of drug-likeness (QED) is 0.195. The highest BCUT2D eigenvalue weighted by atomic mass is 35.5. The van der Waals surface area contributed by atoms with Crippen LogP contribution in [0.5, 0.6) is 11.5 Å². The highest BCUT2D eigenvalue weighted by Gasteiger charge is 2.15. The number of anilines is 1. The van der Waals surface area contributed by atoms with Gasteiger partial charge in [0.1, 0.15) is 11.5 Å². The first-order chi connectivity index (χ1) is 15.5. The van der Waals surface area contributed by atoms with Gasteiger partial charge in [-0.1, -0.05) is 41.9 Å². The molecule has 0 aromatic heterocycles. The summed E-state index contributed by atoms with van der Waals surface area (Å²) in [5.41, 5.74) is 3.17. The summed E-state index contributed by atoms with van der Waals surface area (Å²) in [7, 11) is 1.45. The van der Waals surface area contributed by atoms with Crippen LogP contribution < -0.4 is 20.2 Å². The molecule has 0 spiro atoms. The maximum Gasteiger partial charge on any atom is 0.343 e. The average Bonchev–Trinajstić information content (AvgIpc) is 2.80. The van der Waals surface area contributed by atoms with Crippen LogP contribution in [0.1, 0.15) is 15.9 Å². The summed E-state index contributed by atoms with van der Waals surface area (Å²) in [6.45, 7) is 0. The van der Waals surface area contributed by atoms with Crippen molar-refractivity contribution in [3.8, 4) is 11.5 Å². The molecule has 2 N–H and O–H groups in total. The number of para-hydroxylation sites is 3. The lowest BCUT2D eigenvalue weighted by Gasteiger charge is -2.09. The monoisotopic (exact) mass is 451 g/mol. The van der Waals surface area contributed by atoms with Crippen LogP contribution in [0.4, 0.5) is 5.69 Å². The molecule has 0 aliphatic heterocycles. The van der Waals surface area contributed by atoms with Gasteiger partial charge in [-0.15, -0.1) is 0 Å². The van der Waals surface area contributed by atoms with Crippen LogP contribution in [0.25, 0.3) is 0 Å². The minimum absolute atomic E-state index is 0.217. The lowest BCUT2D eigenvalue weighted by Crippen LogP contribution is -2.32. The Bertz CT molecular complexity index is 1180.